The number of nitrogens with two attached hydrogens (primary N) is 1. The monoisotopic (exact) mass is 515 g/mol. The van der Waals surface area contributed by atoms with Crippen molar-refractivity contribution in [2.45, 2.75) is 52.5 Å². The van der Waals surface area contributed by atoms with Crippen molar-refractivity contribution in [3.63, 3.8) is 0 Å². The highest BCUT2D eigenvalue weighted by molar-refractivity contribution is 14.0. The minimum Gasteiger partial charge on any atom is -0.369 e. The van der Waals surface area contributed by atoms with Crippen LogP contribution in [-0.4, -0.2) is 49.5 Å². The molecule has 0 aromatic heterocycles. The van der Waals surface area contributed by atoms with E-state index in [9.17, 15) is 4.79 Å². The number of carbonyl (C=O) groups is 1. The Morgan fingerprint density at radius 1 is 1.14 bits per heavy atom. The lowest BCUT2D eigenvalue weighted by Gasteiger charge is -2.30. The minimum absolute atomic E-state index is 0. The van der Waals surface area contributed by atoms with Gasteiger partial charge in [0.1, 0.15) is 0 Å². The number of unbranched alkanes of at least 4 members (excludes halogenated alkanes) is 1. The van der Waals surface area contributed by atoms with E-state index in [-0.39, 0.29) is 35.8 Å². The van der Waals surface area contributed by atoms with Crippen molar-refractivity contribution in [3.05, 3.63) is 35.4 Å². The summed E-state index contributed by atoms with van der Waals surface area (Å²) in [7, 11) is 0. The number of piperidine rings is 1. The molecule has 1 heterocycles. The predicted octanol–water partition coefficient (Wildman–Crippen LogP) is 2.90. The maximum Gasteiger partial charge on any atom is 0.220 e. The van der Waals surface area contributed by atoms with Gasteiger partial charge in [-0.15, -0.1) is 24.0 Å². The van der Waals surface area contributed by atoms with Crippen molar-refractivity contribution >= 4 is 35.8 Å². The average Bonchev–Trinajstić information content (AvgIpc) is 2.72. The van der Waals surface area contributed by atoms with Crippen LogP contribution in [0, 0.1) is 5.92 Å². The Morgan fingerprint density at radius 3 is 2.45 bits per heavy atom. The van der Waals surface area contributed by atoms with Gasteiger partial charge in [-0.3, -0.25) is 4.79 Å². The van der Waals surface area contributed by atoms with Crippen LogP contribution in [0.25, 0.3) is 0 Å². The molecular weight excluding hydrogens is 477 g/mol. The highest BCUT2D eigenvalue weighted by atomic mass is 127. The molecule has 0 radical (unpaired) electrons. The van der Waals surface area contributed by atoms with Crippen molar-refractivity contribution < 1.29 is 4.79 Å². The van der Waals surface area contributed by atoms with Gasteiger partial charge in [0.25, 0.3) is 0 Å². The van der Waals surface area contributed by atoms with Crippen LogP contribution in [0.5, 0.6) is 0 Å². The van der Waals surface area contributed by atoms with Gasteiger partial charge in [-0.2, -0.15) is 0 Å². The number of halogens is 1. The van der Waals surface area contributed by atoms with Crippen LogP contribution < -0.4 is 16.4 Å². The lowest BCUT2D eigenvalue weighted by molar-refractivity contribution is -0.123. The number of hydrogen-bond acceptors (Lipinski definition) is 3. The van der Waals surface area contributed by atoms with E-state index in [1.54, 1.807) is 0 Å². The Balaban J connectivity index is 0.00000420. The molecule has 164 valence electrons. The van der Waals surface area contributed by atoms with Crippen molar-refractivity contribution in [3.8, 4) is 0 Å². The van der Waals surface area contributed by atoms with Gasteiger partial charge in [-0.1, -0.05) is 31.2 Å². The van der Waals surface area contributed by atoms with Gasteiger partial charge in [0.2, 0.25) is 5.91 Å². The van der Waals surface area contributed by atoms with E-state index in [2.05, 4.69) is 53.6 Å². The van der Waals surface area contributed by atoms with Crippen molar-refractivity contribution in [2.24, 2.45) is 16.6 Å². The fourth-order valence-corrected chi connectivity index (χ4v) is 3.67. The fourth-order valence-electron chi connectivity index (χ4n) is 3.67. The van der Waals surface area contributed by atoms with Crippen LogP contribution >= 0.6 is 24.0 Å². The summed E-state index contributed by atoms with van der Waals surface area (Å²) in [6.45, 7) is 9.81. The second kappa shape index (κ2) is 14.6. The molecule has 0 atom stereocenters. The zero-order valence-corrected chi connectivity index (χ0v) is 20.3. The largest absolute Gasteiger partial charge is 0.369 e. The van der Waals surface area contributed by atoms with E-state index in [1.165, 1.54) is 11.1 Å². The summed E-state index contributed by atoms with van der Waals surface area (Å²) in [6, 6.07) is 8.51. The molecule has 4 N–H and O–H groups in total. The highest BCUT2D eigenvalue weighted by Crippen LogP contribution is 2.16. The Bertz CT molecular complexity index is 629. The van der Waals surface area contributed by atoms with Crippen LogP contribution in [0.2, 0.25) is 0 Å². The molecule has 29 heavy (non-hydrogen) atoms. The predicted molar refractivity (Wildman–Crippen MR) is 132 cm³/mol. The van der Waals surface area contributed by atoms with Gasteiger partial charge in [-0.25, -0.2) is 4.99 Å². The Labute approximate surface area is 193 Å². The van der Waals surface area contributed by atoms with Crippen molar-refractivity contribution in [1.82, 2.24) is 15.5 Å². The number of nitrogens with one attached hydrogen (secondary N) is 2. The summed E-state index contributed by atoms with van der Waals surface area (Å²) in [5, 5.41) is 6.78. The lowest BCUT2D eigenvalue weighted by atomic mass is 9.96. The van der Waals surface area contributed by atoms with Gasteiger partial charge in [-0.05, 0) is 69.8 Å². The van der Waals surface area contributed by atoms with Crippen molar-refractivity contribution in [1.29, 1.82) is 0 Å². The van der Waals surface area contributed by atoms with Gasteiger partial charge >= 0.3 is 0 Å². The quantitative estimate of drug-likeness (QED) is 0.194. The molecule has 6 nitrogen and oxygen atoms in total. The maximum atomic E-state index is 11.2. The Morgan fingerprint density at radius 2 is 1.83 bits per heavy atom. The third kappa shape index (κ3) is 9.33. The number of carbonyl (C=O) groups excluding carboxylic acids is 1. The molecule has 1 aromatic carbocycles. The second-order valence-electron chi connectivity index (χ2n) is 7.47. The standard InChI is InChI=1S/C22H37N5O.HI/c1-3-18-9-5-6-10-20(18)17-26-22(24-4-2)25-13-7-8-14-27-15-11-19(12-16-27)21(23)28;/h5-6,9-10,19H,3-4,7-8,11-17H2,1-2H3,(H2,23,28)(H2,24,25,26);1H. The molecule has 1 saturated heterocycles. The number of primary amides is 1. The zero-order chi connectivity index (χ0) is 20.2. The number of amides is 1. The Hall–Kier alpha value is -1.35. The summed E-state index contributed by atoms with van der Waals surface area (Å²) >= 11 is 0. The second-order valence-corrected chi connectivity index (χ2v) is 7.47. The van der Waals surface area contributed by atoms with Crippen molar-refractivity contribution in [2.75, 3.05) is 32.7 Å². The SMILES string of the molecule is CCNC(=NCc1ccccc1CC)NCCCCN1CCC(C(N)=O)CC1.I. The van der Waals surface area contributed by atoms with E-state index in [1.807, 2.05) is 0 Å². The fraction of sp³-hybridized carbons (Fsp3) is 0.636. The molecule has 0 unspecified atom stereocenters. The summed E-state index contributed by atoms with van der Waals surface area (Å²) in [5.74, 6) is 0.825. The third-order valence-corrected chi connectivity index (χ3v) is 5.43. The van der Waals surface area contributed by atoms with Crippen LogP contribution in [-0.2, 0) is 17.8 Å². The van der Waals surface area contributed by atoms with E-state index in [4.69, 9.17) is 10.7 Å². The maximum absolute atomic E-state index is 11.2. The molecule has 1 aliphatic rings. The van der Waals surface area contributed by atoms with E-state index < -0.39 is 0 Å². The number of likely N-dealkylation sites (tertiary alicyclic amines) is 1. The number of guanidine groups is 1. The minimum atomic E-state index is -0.138. The summed E-state index contributed by atoms with van der Waals surface area (Å²) < 4.78 is 0. The van der Waals surface area contributed by atoms with Crippen LogP contribution in [0.15, 0.2) is 29.3 Å². The number of rotatable bonds is 10. The molecule has 7 heteroatoms. The van der Waals surface area contributed by atoms with Gasteiger partial charge in [0.15, 0.2) is 5.96 Å². The summed E-state index contributed by atoms with van der Waals surface area (Å²) in [6.07, 6.45) is 5.10. The van der Waals surface area contributed by atoms with Gasteiger partial charge < -0.3 is 21.3 Å². The molecule has 0 bridgehead atoms. The first-order valence-electron chi connectivity index (χ1n) is 10.7. The van der Waals surface area contributed by atoms with E-state index >= 15 is 0 Å². The number of hydrogen-bond donors (Lipinski definition) is 3. The normalized spacial score (nSPS) is 15.6. The van der Waals surface area contributed by atoms with Gasteiger partial charge in [0.05, 0.1) is 6.54 Å². The first-order valence-corrected chi connectivity index (χ1v) is 10.7. The molecule has 1 aliphatic heterocycles. The molecular formula is C22H38IN5O. The third-order valence-electron chi connectivity index (χ3n) is 5.43. The summed E-state index contributed by atoms with van der Waals surface area (Å²) in [4.78, 5) is 18.4. The van der Waals surface area contributed by atoms with Crippen LogP contribution in [0.3, 0.4) is 0 Å². The molecule has 1 amide bonds. The number of benzene rings is 1. The van der Waals surface area contributed by atoms with Gasteiger partial charge in [0, 0.05) is 19.0 Å². The first-order chi connectivity index (χ1) is 13.6. The molecule has 0 spiro atoms. The lowest BCUT2D eigenvalue weighted by Crippen LogP contribution is -2.39. The molecule has 0 saturated carbocycles. The number of nitrogens with zero attached hydrogens (tertiary/aromatic N) is 2. The van der Waals surface area contributed by atoms with E-state index in [0.717, 1.165) is 70.8 Å². The average molecular weight is 515 g/mol. The number of aryl methyl sites for hydroxylation is 1. The molecule has 1 aromatic rings. The molecule has 2 rings (SSSR count). The number of aliphatic imine (C=N–C) groups is 1. The van der Waals surface area contributed by atoms with E-state index in [0.29, 0.717) is 6.54 Å². The summed E-state index contributed by atoms with van der Waals surface area (Å²) in [5.41, 5.74) is 8.06. The zero-order valence-electron chi connectivity index (χ0n) is 18.0. The first kappa shape index (κ1) is 25.7. The van der Waals surface area contributed by atoms with Crippen LogP contribution in [0.4, 0.5) is 0 Å². The molecule has 1 fully saturated rings. The topological polar surface area (TPSA) is 82.8 Å². The smallest absolute Gasteiger partial charge is 0.220 e. The Kier molecular flexibility index (Phi) is 12.9. The molecule has 0 aliphatic carbocycles. The van der Waals surface area contributed by atoms with Crippen LogP contribution in [0.1, 0.15) is 50.7 Å². The highest BCUT2D eigenvalue weighted by Gasteiger charge is 2.22.